The molecular weight excluding hydrogens is 250 g/mol. The van der Waals surface area contributed by atoms with E-state index in [1.54, 1.807) is 4.90 Å². The number of rotatable bonds is 4. The number of carbonyl (C=O) groups is 1. The van der Waals surface area contributed by atoms with Crippen LogP contribution in [0.3, 0.4) is 0 Å². The zero-order valence-corrected chi connectivity index (χ0v) is 11.4. The summed E-state index contributed by atoms with van der Waals surface area (Å²) in [6.07, 6.45) is 0.295. The van der Waals surface area contributed by atoms with E-state index in [4.69, 9.17) is 10.7 Å². The van der Waals surface area contributed by atoms with Crippen molar-refractivity contribution in [2.75, 3.05) is 12.3 Å². The summed E-state index contributed by atoms with van der Waals surface area (Å²) in [6.45, 7) is 6.58. The summed E-state index contributed by atoms with van der Waals surface area (Å²) in [4.78, 5) is 13.5. The average molecular weight is 268 g/mol. The first-order chi connectivity index (χ1) is 7.20. The Hall–Kier alpha value is -0.290. The van der Waals surface area contributed by atoms with Crippen molar-refractivity contribution in [3.8, 4) is 0 Å². The molecule has 16 heavy (non-hydrogen) atoms. The van der Waals surface area contributed by atoms with E-state index in [1.807, 2.05) is 20.8 Å². The third-order valence-electron chi connectivity index (χ3n) is 3.13. The van der Waals surface area contributed by atoms with Crippen LogP contribution >= 0.6 is 10.7 Å². The zero-order valence-electron chi connectivity index (χ0n) is 9.81. The maximum Gasteiger partial charge on any atom is 0.232 e. The number of halogens is 1. The lowest BCUT2D eigenvalue weighted by atomic mass is 10.1. The molecule has 0 aliphatic carbocycles. The Balaban J connectivity index is 2.64. The fourth-order valence-corrected chi connectivity index (χ4v) is 3.28. The SMILES string of the molecule is CC(C)C(C)N1CC(CS(=O)(=O)Cl)CC1=O. The highest BCUT2D eigenvalue weighted by molar-refractivity contribution is 8.13. The van der Waals surface area contributed by atoms with Crippen LogP contribution in [0.25, 0.3) is 0 Å². The zero-order chi connectivity index (χ0) is 12.5. The monoisotopic (exact) mass is 267 g/mol. The molecule has 94 valence electrons. The smallest absolute Gasteiger partial charge is 0.232 e. The molecule has 1 saturated heterocycles. The Kier molecular flexibility index (Phi) is 4.23. The second kappa shape index (κ2) is 4.92. The summed E-state index contributed by atoms with van der Waals surface area (Å²) in [5.41, 5.74) is 0. The maximum atomic E-state index is 11.7. The van der Waals surface area contributed by atoms with E-state index in [2.05, 4.69) is 0 Å². The van der Waals surface area contributed by atoms with Crippen LogP contribution in [0.2, 0.25) is 0 Å². The van der Waals surface area contributed by atoms with Gasteiger partial charge in [0.1, 0.15) is 0 Å². The molecule has 0 spiro atoms. The van der Waals surface area contributed by atoms with Gasteiger partial charge in [0.15, 0.2) is 0 Å². The molecule has 0 radical (unpaired) electrons. The second-order valence-electron chi connectivity index (χ2n) is 4.81. The van der Waals surface area contributed by atoms with Gasteiger partial charge >= 0.3 is 0 Å². The van der Waals surface area contributed by atoms with E-state index < -0.39 is 9.05 Å². The molecule has 1 amide bonds. The number of likely N-dealkylation sites (tertiary alicyclic amines) is 1. The molecule has 1 rings (SSSR count). The van der Waals surface area contributed by atoms with Crippen molar-refractivity contribution in [2.45, 2.75) is 33.2 Å². The highest BCUT2D eigenvalue weighted by Crippen LogP contribution is 2.25. The second-order valence-corrected chi connectivity index (χ2v) is 7.63. The van der Waals surface area contributed by atoms with Gasteiger partial charge in [0.25, 0.3) is 0 Å². The van der Waals surface area contributed by atoms with Gasteiger partial charge in [0.2, 0.25) is 15.0 Å². The van der Waals surface area contributed by atoms with Gasteiger partial charge in [-0.3, -0.25) is 4.79 Å². The van der Waals surface area contributed by atoms with Crippen LogP contribution in [0.5, 0.6) is 0 Å². The number of hydrogen-bond acceptors (Lipinski definition) is 3. The standard InChI is InChI=1S/C10H18ClNO3S/c1-7(2)8(3)12-5-9(4-10(12)13)6-16(11,14)15/h7-9H,4-6H2,1-3H3. The highest BCUT2D eigenvalue weighted by atomic mass is 35.7. The van der Waals surface area contributed by atoms with Gasteiger partial charge in [-0.25, -0.2) is 8.42 Å². The topological polar surface area (TPSA) is 54.5 Å². The largest absolute Gasteiger partial charge is 0.339 e. The predicted molar refractivity (Wildman–Crippen MR) is 63.8 cm³/mol. The van der Waals surface area contributed by atoms with Crippen molar-refractivity contribution in [1.29, 1.82) is 0 Å². The normalized spacial score (nSPS) is 24.2. The van der Waals surface area contributed by atoms with Gasteiger partial charge in [-0.1, -0.05) is 13.8 Å². The van der Waals surface area contributed by atoms with Crippen LogP contribution in [0, 0.1) is 11.8 Å². The van der Waals surface area contributed by atoms with E-state index >= 15 is 0 Å². The van der Waals surface area contributed by atoms with Crippen LogP contribution in [0.1, 0.15) is 27.2 Å². The molecule has 0 N–H and O–H groups in total. The minimum absolute atomic E-state index is 0.0338. The van der Waals surface area contributed by atoms with Crippen LogP contribution in [0.4, 0.5) is 0 Å². The number of nitrogens with zero attached hydrogens (tertiary/aromatic N) is 1. The van der Waals surface area contributed by atoms with Crippen LogP contribution < -0.4 is 0 Å². The van der Waals surface area contributed by atoms with Gasteiger partial charge in [-0.2, -0.15) is 0 Å². The van der Waals surface area contributed by atoms with Crippen molar-refractivity contribution in [2.24, 2.45) is 11.8 Å². The maximum absolute atomic E-state index is 11.7. The lowest BCUT2D eigenvalue weighted by Gasteiger charge is -2.27. The third-order valence-corrected chi connectivity index (χ3v) is 4.38. The quantitative estimate of drug-likeness (QED) is 0.725. The van der Waals surface area contributed by atoms with Crippen LogP contribution in [-0.2, 0) is 13.8 Å². The first kappa shape index (κ1) is 13.8. The Bertz CT molecular complexity index is 366. The molecule has 1 heterocycles. The fraction of sp³-hybridized carbons (Fsp3) is 0.900. The van der Waals surface area contributed by atoms with Crippen molar-refractivity contribution in [3.05, 3.63) is 0 Å². The summed E-state index contributed by atoms with van der Waals surface area (Å²) in [7, 11) is 1.69. The molecule has 0 bridgehead atoms. The third kappa shape index (κ3) is 3.63. The van der Waals surface area contributed by atoms with E-state index in [0.717, 1.165) is 0 Å². The van der Waals surface area contributed by atoms with E-state index in [1.165, 1.54) is 0 Å². The van der Waals surface area contributed by atoms with Crippen molar-refractivity contribution < 1.29 is 13.2 Å². The molecular formula is C10H18ClNO3S. The van der Waals surface area contributed by atoms with E-state index in [9.17, 15) is 13.2 Å². The summed E-state index contributed by atoms with van der Waals surface area (Å²) >= 11 is 0. The number of carbonyl (C=O) groups excluding carboxylic acids is 1. The molecule has 2 atom stereocenters. The van der Waals surface area contributed by atoms with Gasteiger partial charge in [0.05, 0.1) is 5.75 Å². The van der Waals surface area contributed by atoms with E-state index in [-0.39, 0.29) is 23.6 Å². The Labute approximate surface area is 101 Å². The Morgan fingerprint density at radius 1 is 1.44 bits per heavy atom. The molecule has 0 aromatic carbocycles. The summed E-state index contributed by atoms with van der Waals surface area (Å²) < 4.78 is 21.9. The van der Waals surface area contributed by atoms with Gasteiger partial charge in [-0.15, -0.1) is 0 Å². The first-order valence-electron chi connectivity index (χ1n) is 5.42. The van der Waals surface area contributed by atoms with Crippen LogP contribution in [-0.4, -0.2) is 37.6 Å². The van der Waals surface area contributed by atoms with Gasteiger partial charge in [-0.05, 0) is 12.8 Å². The minimum atomic E-state index is -3.51. The minimum Gasteiger partial charge on any atom is -0.339 e. The number of amides is 1. The molecule has 1 aliphatic rings. The lowest BCUT2D eigenvalue weighted by molar-refractivity contribution is -0.130. The summed E-state index contributed by atoms with van der Waals surface area (Å²) in [5, 5.41) is 0. The lowest BCUT2D eigenvalue weighted by Crippen LogP contribution is -2.38. The Morgan fingerprint density at radius 2 is 2.00 bits per heavy atom. The Morgan fingerprint density at radius 3 is 2.44 bits per heavy atom. The molecule has 6 heteroatoms. The van der Waals surface area contributed by atoms with Gasteiger partial charge < -0.3 is 4.90 Å². The predicted octanol–water partition coefficient (Wildman–Crippen LogP) is 1.45. The molecule has 0 saturated carbocycles. The molecule has 0 aromatic rings. The van der Waals surface area contributed by atoms with Gasteiger partial charge in [0, 0.05) is 35.6 Å². The fourth-order valence-electron chi connectivity index (χ4n) is 1.96. The summed E-state index contributed by atoms with van der Waals surface area (Å²) in [5.74, 6) is 0.139. The molecule has 1 fully saturated rings. The van der Waals surface area contributed by atoms with Crippen LogP contribution in [0.15, 0.2) is 0 Å². The number of hydrogen-bond donors (Lipinski definition) is 0. The molecule has 4 nitrogen and oxygen atoms in total. The highest BCUT2D eigenvalue weighted by Gasteiger charge is 2.35. The molecule has 2 unspecified atom stereocenters. The van der Waals surface area contributed by atoms with E-state index in [0.29, 0.717) is 18.9 Å². The molecule has 1 aliphatic heterocycles. The first-order valence-corrected chi connectivity index (χ1v) is 7.90. The molecule has 0 aromatic heterocycles. The van der Waals surface area contributed by atoms with Crippen molar-refractivity contribution in [3.63, 3.8) is 0 Å². The van der Waals surface area contributed by atoms with Crippen molar-refractivity contribution in [1.82, 2.24) is 4.90 Å². The summed E-state index contributed by atoms with van der Waals surface area (Å²) in [6, 6.07) is 0.149. The van der Waals surface area contributed by atoms with Crippen molar-refractivity contribution >= 4 is 25.6 Å². The average Bonchev–Trinajstić information content (AvgIpc) is 2.41.